The third kappa shape index (κ3) is 6.81. The molecule has 6 heteroatoms. The molecule has 5 rings (SSSR count). The van der Waals surface area contributed by atoms with Crippen LogP contribution in [0.3, 0.4) is 0 Å². The van der Waals surface area contributed by atoms with Gasteiger partial charge in [0, 0.05) is 28.2 Å². The molecule has 0 aliphatic carbocycles. The van der Waals surface area contributed by atoms with Gasteiger partial charge in [-0.3, -0.25) is 0 Å². The minimum Gasteiger partial charge on any atom is -0.453 e. The molecule has 0 fully saturated rings. The molecule has 0 saturated heterocycles. The van der Waals surface area contributed by atoms with Crippen molar-refractivity contribution in [1.29, 1.82) is 0 Å². The lowest BCUT2D eigenvalue weighted by Gasteiger charge is -2.28. The number of rotatable bonds is 6. The number of nitrogen functional groups attached to an aromatic ring is 4. The Kier molecular flexibility index (Phi) is 8.27. The fraction of sp³-hybridized carbons (Fsp3) is 0.0909. The largest absolute Gasteiger partial charge is 0.453 e. The van der Waals surface area contributed by atoms with E-state index in [1.165, 1.54) is 0 Å². The normalized spacial score (nSPS) is 10.7. The maximum atomic E-state index is 6.05. The molecule has 198 valence electrons. The summed E-state index contributed by atoms with van der Waals surface area (Å²) in [5.74, 6) is 2.65. The van der Waals surface area contributed by atoms with Crippen LogP contribution in [0.25, 0.3) is 0 Å². The lowest BCUT2D eigenvalue weighted by Crippen LogP contribution is -2.22. The molecule has 0 saturated carbocycles. The van der Waals surface area contributed by atoms with E-state index >= 15 is 0 Å². The molecule has 0 aliphatic rings. The van der Waals surface area contributed by atoms with Crippen LogP contribution in [0, 0.1) is 0 Å². The van der Waals surface area contributed by atoms with Gasteiger partial charge in [0.1, 0.15) is 11.5 Å². The first-order valence-corrected chi connectivity index (χ1v) is 12.6. The quantitative estimate of drug-likeness (QED) is 0.172. The van der Waals surface area contributed by atoms with Gasteiger partial charge in [0.25, 0.3) is 0 Å². The SMILES string of the molecule is CC(C)(c1ccccc1N)c1ccccc1N.Nc1ccc(Oc2ccccc2Oc2ccc(N)cc2)cc1. The van der Waals surface area contributed by atoms with Crippen LogP contribution in [0.1, 0.15) is 25.0 Å². The van der Waals surface area contributed by atoms with Gasteiger partial charge < -0.3 is 32.4 Å². The van der Waals surface area contributed by atoms with Crippen LogP contribution in [0.15, 0.2) is 121 Å². The first kappa shape index (κ1) is 26.9. The molecule has 0 aromatic heterocycles. The maximum Gasteiger partial charge on any atom is 0.169 e. The fourth-order valence-electron chi connectivity index (χ4n) is 4.22. The van der Waals surface area contributed by atoms with Crippen molar-refractivity contribution in [2.24, 2.45) is 0 Å². The van der Waals surface area contributed by atoms with Gasteiger partial charge in [0.05, 0.1) is 0 Å². The zero-order valence-corrected chi connectivity index (χ0v) is 22.2. The lowest BCUT2D eigenvalue weighted by molar-refractivity contribution is 0.419. The van der Waals surface area contributed by atoms with E-state index in [2.05, 4.69) is 26.0 Å². The third-order valence-electron chi connectivity index (χ3n) is 6.33. The molecule has 5 aromatic rings. The molecular formula is C33H34N4O2. The Morgan fingerprint density at radius 3 is 1.13 bits per heavy atom. The highest BCUT2D eigenvalue weighted by atomic mass is 16.5. The van der Waals surface area contributed by atoms with E-state index in [-0.39, 0.29) is 5.41 Å². The molecule has 0 spiro atoms. The minimum atomic E-state index is -0.184. The van der Waals surface area contributed by atoms with Gasteiger partial charge in [0.15, 0.2) is 11.5 Å². The van der Waals surface area contributed by atoms with Gasteiger partial charge in [-0.25, -0.2) is 0 Å². The molecule has 0 amide bonds. The van der Waals surface area contributed by atoms with Gasteiger partial charge in [-0.2, -0.15) is 0 Å². The molecule has 0 aliphatic heterocycles. The fourth-order valence-corrected chi connectivity index (χ4v) is 4.22. The van der Waals surface area contributed by atoms with Crippen LogP contribution in [-0.2, 0) is 5.41 Å². The number of benzene rings is 5. The summed E-state index contributed by atoms with van der Waals surface area (Å²) in [7, 11) is 0. The number of hydrogen-bond acceptors (Lipinski definition) is 6. The predicted molar refractivity (Wildman–Crippen MR) is 162 cm³/mol. The van der Waals surface area contributed by atoms with Crippen molar-refractivity contribution >= 4 is 22.7 Å². The summed E-state index contributed by atoms with van der Waals surface area (Å²) in [6.45, 7) is 4.29. The zero-order chi connectivity index (χ0) is 27.8. The van der Waals surface area contributed by atoms with Crippen LogP contribution < -0.4 is 32.4 Å². The molecule has 6 nitrogen and oxygen atoms in total. The molecule has 0 bridgehead atoms. The number of anilines is 4. The van der Waals surface area contributed by atoms with Crippen LogP contribution in [0.5, 0.6) is 23.0 Å². The average molecular weight is 519 g/mol. The second-order valence-corrected chi connectivity index (χ2v) is 9.59. The molecule has 39 heavy (non-hydrogen) atoms. The van der Waals surface area contributed by atoms with Crippen molar-refractivity contribution in [2.45, 2.75) is 19.3 Å². The second-order valence-electron chi connectivity index (χ2n) is 9.59. The predicted octanol–water partition coefficient (Wildman–Crippen LogP) is 7.61. The summed E-state index contributed by atoms with van der Waals surface area (Å²) in [6, 6.07) is 37.8. The molecule has 5 aromatic carbocycles. The van der Waals surface area contributed by atoms with Crippen molar-refractivity contribution in [3.8, 4) is 23.0 Å². The third-order valence-corrected chi connectivity index (χ3v) is 6.33. The zero-order valence-electron chi connectivity index (χ0n) is 22.2. The standard InChI is InChI=1S/C18H16N2O2.C15H18N2/c19-13-5-9-15(10-6-13)21-17-3-1-2-4-18(17)22-16-11-7-14(20)8-12-16;1-15(2,11-7-3-5-9-13(11)16)12-8-4-6-10-14(12)17/h1-12H,19-20H2;3-10H,16-17H2,1-2H3. The first-order chi connectivity index (χ1) is 18.7. The number of para-hydroxylation sites is 4. The Morgan fingerprint density at radius 1 is 0.436 bits per heavy atom. The Hall–Kier alpha value is -5.10. The van der Waals surface area contributed by atoms with Crippen molar-refractivity contribution in [3.63, 3.8) is 0 Å². The van der Waals surface area contributed by atoms with E-state index in [1.807, 2.05) is 84.9 Å². The summed E-state index contributed by atoms with van der Waals surface area (Å²) in [5, 5.41) is 0. The van der Waals surface area contributed by atoms with Crippen molar-refractivity contribution < 1.29 is 9.47 Å². The molecule has 0 heterocycles. The highest BCUT2D eigenvalue weighted by molar-refractivity contribution is 5.60. The maximum absolute atomic E-state index is 6.05. The van der Waals surface area contributed by atoms with Gasteiger partial charge in [-0.15, -0.1) is 0 Å². The highest BCUT2D eigenvalue weighted by Crippen LogP contribution is 2.37. The van der Waals surface area contributed by atoms with Crippen molar-refractivity contribution in [1.82, 2.24) is 0 Å². The first-order valence-electron chi connectivity index (χ1n) is 12.6. The Labute approximate surface area is 229 Å². The molecule has 0 atom stereocenters. The van der Waals surface area contributed by atoms with Crippen LogP contribution in [-0.4, -0.2) is 0 Å². The molecule has 8 N–H and O–H groups in total. The number of nitrogens with two attached hydrogens (primary N) is 4. The van der Waals surface area contributed by atoms with E-state index in [0.29, 0.717) is 34.4 Å². The average Bonchev–Trinajstić information content (AvgIpc) is 2.93. The molecule has 0 unspecified atom stereocenters. The lowest BCUT2D eigenvalue weighted by atomic mass is 9.76. The molecular weight excluding hydrogens is 484 g/mol. The van der Waals surface area contributed by atoms with Gasteiger partial charge in [-0.05, 0) is 83.9 Å². The highest BCUT2D eigenvalue weighted by Gasteiger charge is 2.26. The van der Waals surface area contributed by atoms with E-state index in [4.69, 9.17) is 32.4 Å². The Morgan fingerprint density at radius 2 is 0.769 bits per heavy atom. The Balaban J connectivity index is 0.000000187. The van der Waals surface area contributed by atoms with E-state index in [1.54, 1.807) is 24.3 Å². The smallest absolute Gasteiger partial charge is 0.169 e. The van der Waals surface area contributed by atoms with E-state index < -0.39 is 0 Å². The van der Waals surface area contributed by atoms with Crippen molar-refractivity contribution in [2.75, 3.05) is 22.9 Å². The van der Waals surface area contributed by atoms with Crippen molar-refractivity contribution in [3.05, 3.63) is 132 Å². The van der Waals surface area contributed by atoms with E-state index in [0.717, 1.165) is 22.5 Å². The topological polar surface area (TPSA) is 123 Å². The number of ether oxygens (including phenoxy) is 2. The van der Waals surface area contributed by atoms with Gasteiger partial charge >= 0.3 is 0 Å². The minimum absolute atomic E-state index is 0.184. The summed E-state index contributed by atoms with van der Waals surface area (Å²) >= 11 is 0. The summed E-state index contributed by atoms with van der Waals surface area (Å²) < 4.78 is 11.7. The summed E-state index contributed by atoms with van der Waals surface area (Å²) in [4.78, 5) is 0. The summed E-state index contributed by atoms with van der Waals surface area (Å²) in [6.07, 6.45) is 0. The summed E-state index contributed by atoms with van der Waals surface area (Å²) in [5.41, 5.74) is 28.5. The molecule has 0 radical (unpaired) electrons. The monoisotopic (exact) mass is 518 g/mol. The van der Waals surface area contributed by atoms with Gasteiger partial charge in [-0.1, -0.05) is 62.4 Å². The van der Waals surface area contributed by atoms with Crippen LogP contribution in [0.4, 0.5) is 22.7 Å². The second kappa shape index (κ2) is 12.0. The van der Waals surface area contributed by atoms with Crippen LogP contribution in [0.2, 0.25) is 0 Å². The van der Waals surface area contributed by atoms with Crippen LogP contribution >= 0.6 is 0 Å². The van der Waals surface area contributed by atoms with Gasteiger partial charge in [0.2, 0.25) is 0 Å². The van der Waals surface area contributed by atoms with E-state index in [9.17, 15) is 0 Å². The number of hydrogen-bond donors (Lipinski definition) is 4. The Bertz CT molecular complexity index is 1400.